The second-order valence-corrected chi connectivity index (χ2v) is 4.84. The van der Waals surface area contributed by atoms with E-state index >= 15 is 0 Å². The Labute approximate surface area is 107 Å². The largest absolute Gasteiger partial charge is 0.368 e. The van der Waals surface area contributed by atoms with Crippen LogP contribution in [0.2, 0.25) is 0 Å². The average molecular weight is 253 g/mol. The summed E-state index contributed by atoms with van der Waals surface area (Å²) in [4.78, 5) is 11.8. The van der Waals surface area contributed by atoms with Crippen molar-refractivity contribution in [3.8, 4) is 0 Å². The summed E-state index contributed by atoms with van der Waals surface area (Å²) in [5.41, 5.74) is 1.00. The van der Waals surface area contributed by atoms with E-state index in [-0.39, 0.29) is 11.6 Å². The van der Waals surface area contributed by atoms with Crippen molar-refractivity contribution in [1.29, 1.82) is 0 Å². The lowest BCUT2D eigenvalue weighted by atomic mass is 10.2. The van der Waals surface area contributed by atoms with Crippen LogP contribution in [0.4, 0.5) is 10.1 Å². The molecule has 1 amide bonds. The van der Waals surface area contributed by atoms with E-state index in [9.17, 15) is 9.18 Å². The fourth-order valence-corrected chi connectivity index (χ4v) is 1.37. The van der Waals surface area contributed by atoms with E-state index in [1.165, 1.54) is 6.07 Å². The van der Waals surface area contributed by atoms with Gasteiger partial charge >= 0.3 is 0 Å². The highest BCUT2D eigenvalue weighted by Crippen LogP contribution is 2.15. The number of anilines is 1. The lowest BCUT2D eigenvalue weighted by Gasteiger charge is -2.15. The molecule has 0 unspecified atom stereocenters. The smallest absolute Gasteiger partial charge is 0.253 e. The van der Waals surface area contributed by atoms with Gasteiger partial charge in [0, 0.05) is 6.61 Å². The van der Waals surface area contributed by atoms with Crippen LogP contribution in [0, 0.1) is 18.7 Å². The topological polar surface area (TPSA) is 38.3 Å². The number of amides is 1. The highest BCUT2D eigenvalue weighted by Gasteiger charge is 2.15. The number of halogens is 1. The van der Waals surface area contributed by atoms with Gasteiger partial charge in [0.2, 0.25) is 0 Å². The monoisotopic (exact) mass is 253 g/mol. The third-order valence-electron chi connectivity index (χ3n) is 2.43. The van der Waals surface area contributed by atoms with Crippen LogP contribution in [0.3, 0.4) is 0 Å². The van der Waals surface area contributed by atoms with Crippen LogP contribution in [0.1, 0.15) is 26.3 Å². The number of hydrogen-bond acceptors (Lipinski definition) is 2. The molecule has 4 heteroatoms. The normalized spacial score (nSPS) is 12.6. The van der Waals surface area contributed by atoms with Crippen LogP contribution >= 0.6 is 0 Å². The molecule has 3 nitrogen and oxygen atoms in total. The van der Waals surface area contributed by atoms with Gasteiger partial charge in [-0.1, -0.05) is 19.9 Å². The van der Waals surface area contributed by atoms with Gasteiger partial charge in [-0.3, -0.25) is 4.79 Å². The molecule has 1 rings (SSSR count). The molecule has 1 aromatic carbocycles. The van der Waals surface area contributed by atoms with Crippen LogP contribution in [-0.2, 0) is 9.53 Å². The zero-order valence-corrected chi connectivity index (χ0v) is 11.3. The first-order chi connectivity index (χ1) is 8.40. The number of nitrogens with one attached hydrogen (secondary N) is 1. The molecule has 1 atom stereocenters. The van der Waals surface area contributed by atoms with E-state index in [1.807, 2.05) is 13.8 Å². The summed E-state index contributed by atoms with van der Waals surface area (Å²) in [5.74, 6) is -0.408. The molecule has 0 aromatic heterocycles. The van der Waals surface area contributed by atoms with E-state index in [1.54, 1.807) is 26.0 Å². The van der Waals surface area contributed by atoms with Crippen LogP contribution < -0.4 is 5.32 Å². The Balaban J connectivity index is 2.58. The van der Waals surface area contributed by atoms with Gasteiger partial charge in [0.25, 0.3) is 5.91 Å². The average Bonchev–Trinajstić information content (AvgIpc) is 2.29. The molecule has 0 aliphatic heterocycles. The Hall–Kier alpha value is -1.42. The molecule has 0 bridgehead atoms. The Morgan fingerprint density at radius 1 is 1.39 bits per heavy atom. The number of ether oxygens (including phenoxy) is 1. The minimum atomic E-state index is -0.590. The van der Waals surface area contributed by atoms with Gasteiger partial charge in [-0.25, -0.2) is 4.39 Å². The summed E-state index contributed by atoms with van der Waals surface area (Å²) in [6.07, 6.45) is -0.590. The van der Waals surface area contributed by atoms with Crippen LogP contribution in [0.5, 0.6) is 0 Å². The highest BCUT2D eigenvalue weighted by molar-refractivity contribution is 5.94. The molecule has 18 heavy (non-hydrogen) atoms. The molecular weight excluding hydrogens is 233 g/mol. The van der Waals surface area contributed by atoms with Gasteiger partial charge < -0.3 is 10.1 Å². The van der Waals surface area contributed by atoms with Crippen molar-refractivity contribution in [2.45, 2.75) is 33.8 Å². The molecule has 1 aromatic rings. The van der Waals surface area contributed by atoms with Crippen molar-refractivity contribution in [3.63, 3.8) is 0 Å². The standard InChI is InChI=1S/C14H20FNO2/c1-9(2)8-18-11(4)14(17)16-13-6-5-10(3)7-12(13)15/h5-7,9,11H,8H2,1-4H3,(H,16,17)/t11-/m0/s1. The van der Waals surface area contributed by atoms with Crippen molar-refractivity contribution >= 4 is 11.6 Å². The Morgan fingerprint density at radius 3 is 2.61 bits per heavy atom. The molecule has 1 N–H and O–H groups in total. The minimum absolute atomic E-state index is 0.186. The second-order valence-electron chi connectivity index (χ2n) is 4.84. The van der Waals surface area contributed by atoms with Gasteiger partial charge in [-0.15, -0.1) is 0 Å². The van der Waals surface area contributed by atoms with Crippen molar-refractivity contribution in [2.75, 3.05) is 11.9 Å². The lowest BCUT2D eigenvalue weighted by Crippen LogP contribution is -2.29. The predicted molar refractivity (Wildman–Crippen MR) is 70.0 cm³/mol. The first-order valence-corrected chi connectivity index (χ1v) is 6.08. The Morgan fingerprint density at radius 2 is 2.06 bits per heavy atom. The van der Waals surface area contributed by atoms with E-state index < -0.39 is 11.9 Å². The maximum Gasteiger partial charge on any atom is 0.253 e. The molecule has 0 aliphatic rings. The van der Waals surface area contributed by atoms with Gasteiger partial charge in [0.1, 0.15) is 11.9 Å². The van der Waals surface area contributed by atoms with E-state index in [4.69, 9.17) is 4.74 Å². The molecular formula is C14H20FNO2. The van der Waals surface area contributed by atoms with E-state index in [2.05, 4.69) is 5.32 Å². The summed E-state index contributed by atoms with van der Waals surface area (Å²) in [6.45, 7) is 7.96. The SMILES string of the molecule is Cc1ccc(NC(=O)[C@H](C)OCC(C)C)c(F)c1. The molecule has 0 heterocycles. The summed E-state index contributed by atoms with van der Waals surface area (Å²) >= 11 is 0. The van der Waals surface area contributed by atoms with E-state index in [0.717, 1.165) is 5.56 Å². The molecule has 0 spiro atoms. The van der Waals surface area contributed by atoms with Crippen molar-refractivity contribution < 1.29 is 13.9 Å². The van der Waals surface area contributed by atoms with Gasteiger partial charge in [-0.05, 0) is 37.5 Å². The number of hydrogen-bond donors (Lipinski definition) is 1. The first-order valence-electron chi connectivity index (χ1n) is 6.08. The number of rotatable bonds is 5. The number of carbonyl (C=O) groups excluding carboxylic acids is 1. The minimum Gasteiger partial charge on any atom is -0.368 e. The summed E-state index contributed by atoms with van der Waals surface area (Å²) < 4.78 is 18.9. The number of carbonyl (C=O) groups is 1. The Bertz CT molecular complexity index is 418. The fourth-order valence-electron chi connectivity index (χ4n) is 1.37. The van der Waals surface area contributed by atoms with Crippen LogP contribution in [-0.4, -0.2) is 18.6 Å². The zero-order chi connectivity index (χ0) is 13.7. The predicted octanol–water partition coefficient (Wildman–Crippen LogP) is 3.13. The fraction of sp³-hybridized carbons (Fsp3) is 0.500. The molecule has 0 fully saturated rings. The van der Waals surface area contributed by atoms with Gasteiger partial charge in [-0.2, -0.15) is 0 Å². The third-order valence-corrected chi connectivity index (χ3v) is 2.43. The Kier molecular flexibility index (Phi) is 5.28. The number of aryl methyl sites for hydroxylation is 1. The van der Waals surface area contributed by atoms with E-state index in [0.29, 0.717) is 12.5 Å². The van der Waals surface area contributed by atoms with Crippen molar-refractivity contribution in [2.24, 2.45) is 5.92 Å². The molecule has 0 saturated carbocycles. The maximum absolute atomic E-state index is 13.5. The third kappa shape index (κ3) is 4.45. The summed E-state index contributed by atoms with van der Waals surface area (Å²) in [5, 5.41) is 2.52. The summed E-state index contributed by atoms with van der Waals surface area (Å²) in [6, 6.07) is 4.69. The van der Waals surface area contributed by atoms with Crippen LogP contribution in [0.25, 0.3) is 0 Å². The molecule has 100 valence electrons. The lowest BCUT2D eigenvalue weighted by molar-refractivity contribution is -0.126. The molecule has 0 aliphatic carbocycles. The maximum atomic E-state index is 13.5. The molecule has 0 radical (unpaired) electrons. The van der Waals surface area contributed by atoms with Crippen molar-refractivity contribution in [1.82, 2.24) is 0 Å². The quantitative estimate of drug-likeness (QED) is 0.875. The number of benzene rings is 1. The van der Waals surface area contributed by atoms with Gasteiger partial charge in [0.15, 0.2) is 0 Å². The van der Waals surface area contributed by atoms with Crippen LogP contribution in [0.15, 0.2) is 18.2 Å². The zero-order valence-electron chi connectivity index (χ0n) is 11.3. The second kappa shape index (κ2) is 6.50. The summed E-state index contributed by atoms with van der Waals surface area (Å²) in [7, 11) is 0. The van der Waals surface area contributed by atoms with Crippen molar-refractivity contribution in [3.05, 3.63) is 29.6 Å². The highest BCUT2D eigenvalue weighted by atomic mass is 19.1. The van der Waals surface area contributed by atoms with Gasteiger partial charge in [0.05, 0.1) is 5.69 Å². The first kappa shape index (κ1) is 14.6. The molecule has 0 saturated heterocycles.